The number of nitrogens with zero attached hydrogens (tertiary/aromatic N) is 2. The van der Waals surface area contributed by atoms with Gasteiger partial charge in [-0.2, -0.15) is 0 Å². The van der Waals surface area contributed by atoms with Gasteiger partial charge in [0.05, 0.1) is 5.56 Å². The Kier molecular flexibility index (Phi) is 3.60. The van der Waals surface area contributed by atoms with E-state index in [0.29, 0.717) is 22.9 Å². The number of likely N-dealkylation sites (tertiary alicyclic amines) is 1. The third kappa shape index (κ3) is 2.50. The first-order valence-corrected chi connectivity index (χ1v) is 8.02. The van der Waals surface area contributed by atoms with E-state index < -0.39 is 11.7 Å². The molecular formula is C17H17FN4O3. The van der Waals surface area contributed by atoms with Gasteiger partial charge in [0.2, 0.25) is 0 Å². The molecule has 1 aromatic carbocycles. The highest BCUT2D eigenvalue weighted by Crippen LogP contribution is 2.39. The van der Waals surface area contributed by atoms with Crippen LogP contribution < -0.4 is 15.0 Å². The summed E-state index contributed by atoms with van der Waals surface area (Å²) in [6.07, 6.45) is 1.02. The number of hydrogen-bond donors (Lipinski definition) is 2. The molecular weight excluding hydrogens is 327 g/mol. The van der Waals surface area contributed by atoms with E-state index in [9.17, 15) is 14.0 Å². The predicted octanol–water partition coefficient (Wildman–Crippen LogP) is 1.85. The van der Waals surface area contributed by atoms with Crippen LogP contribution in [0.25, 0.3) is 0 Å². The first-order chi connectivity index (χ1) is 12.1. The van der Waals surface area contributed by atoms with Gasteiger partial charge in [0, 0.05) is 31.9 Å². The molecule has 2 aliphatic rings. The molecule has 1 aromatic heterocycles. The van der Waals surface area contributed by atoms with Gasteiger partial charge in [0.15, 0.2) is 18.3 Å². The maximum Gasteiger partial charge on any atom is 0.270 e. The molecule has 0 spiro atoms. The van der Waals surface area contributed by atoms with E-state index in [1.807, 2.05) is 0 Å². The summed E-state index contributed by atoms with van der Waals surface area (Å²) in [5.41, 5.74) is 0.970. The van der Waals surface area contributed by atoms with Crippen LogP contribution in [0.5, 0.6) is 5.75 Å². The van der Waals surface area contributed by atoms with Crippen LogP contribution in [0.4, 0.5) is 15.9 Å². The number of ether oxygens (including phenoxy) is 1. The Bertz CT molecular complexity index is 860. The quantitative estimate of drug-likeness (QED) is 0.891. The van der Waals surface area contributed by atoms with Gasteiger partial charge in [-0.05, 0) is 24.6 Å². The molecule has 0 radical (unpaired) electrons. The molecule has 25 heavy (non-hydrogen) atoms. The summed E-state index contributed by atoms with van der Waals surface area (Å²) in [6, 6.07) is 6.02. The fourth-order valence-corrected chi connectivity index (χ4v) is 2.93. The summed E-state index contributed by atoms with van der Waals surface area (Å²) < 4.78 is 19.8. The number of amides is 2. The van der Waals surface area contributed by atoms with E-state index in [0.717, 1.165) is 19.5 Å². The van der Waals surface area contributed by atoms with Gasteiger partial charge in [-0.1, -0.05) is 0 Å². The van der Waals surface area contributed by atoms with Crippen molar-refractivity contribution < 1.29 is 18.7 Å². The minimum absolute atomic E-state index is 0.0216. The first kappa shape index (κ1) is 15.5. The van der Waals surface area contributed by atoms with Crippen molar-refractivity contribution in [2.45, 2.75) is 6.42 Å². The zero-order valence-corrected chi connectivity index (χ0v) is 13.6. The van der Waals surface area contributed by atoms with E-state index in [-0.39, 0.29) is 18.2 Å². The van der Waals surface area contributed by atoms with E-state index in [1.54, 1.807) is 21.9 Å². The lowest BCUT2D eigenvalue weighted by Crippen LogP contribution is -2.42. The molecule has 0 saturated carbocycles. The van der Waals surface area contributed by atoms with Gasteiger partial charge in [-0.25, -0.2) is 4.39 Å². The van der Waals surface area contributed by atoms with Crippen LogP contribution in [0.15, 0.2) is 24.3 Å². The number of carbonyl (C=O) groups excluding carboxylic acids is 2. The molecule has 3 heterocycles. The lowest BCUT2D eigenvalue weighted by Gasteiger charge is -2.30. The Hall–Kier alpha value is -3.03. The standard InChI is InChI=1S/C17H17FN4O3/c1-19-16(23)11-4-3-10(7-12(11)18)22-9-25-14-8-13(20-15(14)22)17(24)21-5-2-6-21/h3-4,7-8,20H,2,5-6,9H2,1H3,(H,19,23). The van der Waals surface area contributed by atoms with Crippen molar-refractivity contribution >= 4 is 23.3 Å². The Balaban J connectivity index is 1.62. The largest absolute Gasteiger partial charge is 0.469 e. The maximum atomic E-state index is 14.2. The number of benzene rings is 1. The second kappa shape index (κ2) is 5.80. The molecule has 7 nitrogen and oxygen atoms in total. The maximum absolute atomic E-state index is 14.2. The highest BCUT2D eigenvalue weighted by molar-refractivity contribution is 5.96. The number of halogens is 1. The molecule has 130 valence electrons. The van der Waals surface area contributed by atoms with E-state index in [4.69, 9.17) is 4.74 Å². The van der Waals surface area contributed by atoms with Gasteiger partial charge < -0.3 is 19.9 Å². The molecule has 0 aliphatic carbocycles. The van der Waals surface area contributed by atoms with Gasteiger partial charge >= 0.3 is 0 Å². The van der Waals surface area contributed by atoms with E-state index in [1.165, 1.54) is 19.2 Å². The number of carbonyl (C=O) groups is 2. The number of anilines is 2. The SMILES string of the molecule is CNC(=O)c1ccc(N2COc3cc(C(=O)N4CCC4)[nH]c32)cc1F. The first-order valence-electron chi connectivity index (χ1n) is 8.02. The number of aromatic amines is 1. The molecule has 1 fully saturated rings. The van der Waals surface area contributed by atoms with Crippen LogP contribution in [-0.2, 0) is 0 Å². The number of aromatic nitrogens is 1. The zero-order chi connectivity index (χ0) is 17.6. The highest BCUT2D eigenvalue weighted by Gasteiger charge is 2.30. The number of H-pyrrole nitrogens is 1. The summed E-state index contributed by atoms with van der Waals surface area (Å²) in [7, 11) is 1.45. The lowest BCUT2D eigenvalue weighted by molar-refractivity contribution is 0.0646. The Morgan fingerprint density at radius 1 is 1.28 bits per heavy atom. The molecule has 0 unspecified atom stereocenters. The minimum Gasteiger partial charge on any atom is -0.469 e. The van der Waals surface area contributed by atoms with E-state index in [2.05, 4.69) is 10.3 Å². The second-order valence-corrected chi connectivity index (χ2v) is 5.99. The van der Waals surface area contributed by atoms with Crippen LogP contribution >= 0.6 is 0 Å². The van der Waals surface area contributed by atoms with Crippen LogP contribution in [-0.4, -0.2) is 48.6 Å². The van der Waals surface area contributed by atoms with Crippen molar-refractivity contribution in [3.63, 3.8) is 0 Å². The molecule has 2 aromatic rings. The molecule has 2 amide bonds. The van der Waals surface area contributed by atoms with Crippen LogP contribution in [0, 0.1) is 5.82 Å². The molecule has 2 aliphatic heterocycles. The number of rotatable bonds is 3. The third-order valence-electron chi connectivity index (χ3n) is 4.49. The third-order valence-corrected chi connectivity index (χ3v) is 4.49. The highest BCUT2D eigenvalue weighted by atomic mass is 19.1. The fourth-order valence-electron chi connectivity index (χ4n) is 2.93. The van der Waals surface area contributed by atoms with Crippen LogP contribution in [0.3, 0.4) is 0 Å². The topological polar surface area (TPSA) is 77.7 Å². The minimum atomic E-state index is -0.617. The average molecular weight is 344 g/mol. The van der Waals surface area contributed by atoms with Crippen molar-refractivity contribution in [1.82, 2.24) is 15.2 Å². The lowest BCUT2D eigenvalue weighted by atomic mass is 10.1. The monoisotopic (exact) mass is 344 g/mol. The Morgan fingerprint density at radius 2 is 2.08 bits per heavy atom. The van der Waals surface area contributed by atoms with Gasteiger partial charge in [0.25, 0.3) is 11.8 Å². The smallest absolute Gasteiger partial charge is 0.270 e. The molecule has 4 rings (SSSR count). The second-order valence-electron chi connectivity index (χ2n) is 5.99. The zero-order valence-electron chi connectivity index (χ0n) is 13.6. The van der Waals surface area contributed by atoms with Crippen LogP contribution in [0.2, 0.25) is 0 Å². The molecule has 1 saturated heterocycles. The summed E-state index contributed by atoms with van der Waals surface area (Å²) in [5, 5.41) is 2.40. The average Bonchev–Trinajstić information content (AvgIpc) is 3.12. The van der Waals surface area contributed by atoms with Crippen molar-refractivity contribution in [2.24, 2.45) is 0 Å². The fraction of sp³-hybridized carbons (Fsp3) is 0.294. The summed E-state index contributed by atoms with van der Waals surface area (Å²) in [4.78, 5) is 30.4. The molecule has 0 bridgehead atoms. The van der Waals surface area contributed by atoms with Gasteiger partial charge in [-0.15, -0.1) is 0 Å². The van der Waals surface area contributed by atoms with Crippen LogP contribution in [0.1, 0.15) is 27.3 Å². The van der Waals surface area contributed by atoms with Crippen molar-refractivity contribution in [3.05, 3.63) is 41.3 Å². The normalized spacial score (nSPS) is 15.4. The molecule has 0 atom stereocenters. The van der Waals surface area contributed by atoms with Gasteiger partial charge in [-0.3, -0.25) is 14.5 Å². The summed E-state index contributed by atoms with van der Waals surface area (Å²) in [6.45, 7) is 1.73. The van der Waals surface area contributed by atoms with E-state index >= 15 is 0 Å². The Labute approximate surface area is 143 Å². The van der Waals surface area contributed by atoms with Crippen molar-refractivity contribution in [2.75, 3.05) is 31.8 Å². The Morgan fingerprint density at radius 3 is 2.72 bits per heavy atom. The predicted molar refractivity (Wildman–Crippen MR) is 88.7 cm³/mol. The van der Waals surface area contributed by atoms with Gasteiger partial charge in [0.1, 0.15) is 11.5 Å². The summed E-state index contributed by atoms with van der Waals surface area (Å²) in [5.74, 6) is -0.000535. The number of nitrogens with one attached hydrogen (secondary N) is 2. The number of hydrogen-bond acceptors (Lipinski definition) is 4. The summed E-state index contributed by atoms with van der Waals surface area (Å²) >= 11 is 0. The van der Waals surface area contributed by atoms with Crippen molar-refractivity contribution in [1.29, 1.82) is 0 Å². The van der Waals surface area contributed by atoms with Crippen molar-refractivity contribution in [3.8, 4) is 5.75 Å². The number of fused-ring (bicyclic) bond motifs is 1. The molecule has 8 heteroatoms. The molecule has 2 N–H and O–H groups in total.